The van der Waals surface area contributed by atoms with E-state index >= 15 is 0 Å². The molecule has 4 nitrogen and oxygen atoms in total. The predicted molar refractivity (Wildman–Crippen MR) is 103 cm³/mol. The highest BCUT2D eigenvalue weighted by Crippen LogP contribution is 2.26. The third-order valence-corrected chi connectivity index (χ3v) is 4.38. The van der Waals surface area contributed by atoms with Gasteiger partial charge in [-0.25, -0.2) is 0 Å². The summed E-state index contributed by atoms with van der Waals surface area (Å²) >= 11 is 0. The maximum absolute atomic E-state index is 12.2. The molecule has 26 heavy (non-hydrogen) atoms. The maximum Gasteiger partial charge on any atom is 0.188 e. The van der Waals surface area contributed by atoms with E-state index in [1.165, 1.54) is 0 Å². The average Bonchev–Trinajstić information content (AvgIpc) is 2.68. The quantitative estimate of drug-likeness (QED) is 0.511. The first-order valence-electron chi connectivity index (χ1n) is 8.29. The molecule has 2 aliphatic rings. The molecule has 0 aliphatic heterocycles. The van der Waals surface area contributed by atoms with Crippen LogP contribution in [0.1, 0.15) is 22.3 Å². The molecule has 0 heterocycles. The molecule has 126 valence electrons. The summed E-state index contributed by atoms with van der Waals surface area (Å²) in [6.07, 6.45) is 9.98. The van der Waals surface area contributed by atoms with Crippen molar-refractivity contribution in [2.45, 2.75) is 0 Å². The number of carbonyl (C=O) groups excluding carboxylic acids is 2. The Morgan fingerprint density at radius 2 is 1.00 bits per heavy atom. The monoisotopic (exact) mass is 340 g/mol. The predicted octanol–water partition coefficient (Wildman–Crippen LogP) is 3.35. The summed E-state index contributed by atoms with van der Waals surface area (Å²) in [6.45, 7) is 0. The summed E-state index contributed by atoms with van der Waals surface area (Å²) in [5.74, 6) is -0.125. The molecule has 0 amide bonds. The van der Waals surface area contributed by atoms with Gasteiger partial charge in [0.05, 0.1) is 0 Å². The highest BCUT2D eigenvalue weighted by atomic mass is 16.1. The molecule has 0 aromatic heterocycles. The summed E-state index contributed by atoms with van der Waals surface area (Å²) in [6, 6.07) is 15.4. The lowest BCUT2D eigenvalue weighted by Gasteiger charge is -2.15. The van der Waals surface area contributed by atoms with Crippen molar-refractivity contribution >= 4 is 34.9 Å². The maximum atomic E-state index is 12.2. The van der Waals surface area contributed by atoms with Crippen LogP contribution >= 0.6 is 0 Å². The molecule has 2 N–H and O–H groups in total. The molecule has 2 aliphatic carbocycles. The van der Waals surface area contributed by atoms with Gasteiger partial charge in [0.1, 0.15) is 0 Å². The second-order valence-corrected chi connectivity index (χ2v) is 5.97. The molecule has 0 saturated carbocycles. The van der Waals surface area contributed by atoms with Gasteiger partial charge < -0.3 is 10.9 Å². The summed E-state index contributed by atoms with van der Waals surface area (Å²) in [5.41, 5.74) is 10.7. The average molecular weight is 340 g/mol. The van der Waals surface area contributed by atoms with Crippen LogP contribution in [0.5, 0.6) is 0 Å². The summed E-state index contributed by atoms with van der Waals surface area (Å²) in [7, 11) is 0. The van der Waals surface area contributed by atoms with E-state index in [0.717, 1.165) is 22.3 Å². The standard InChI is InChI=1S/C22H16N2O2/c25-21-11-9-15-5-1-3-7-17(15)19(21)13-23-24-14-20-18-8-4-2-6-16(18)10-12-22(20)26/h1-14,23-24H/b19-13-,20-14-. The molecule has 0 atom stereocenters. The van der Waals surface area contributed by atoms with Crippen molar-refractivity contribution in [1.82, 2.24) is 10.9 Å². The second kappa shape index (κ2) is 6.69. The van der Waals surface area contributed by atoms with Gasteiger partial charge in [-0.2, -0.15) is 0 Å². The van der Waals surface area contributed by atoms with Crippen LogP contribution in [-0.4, -0.2) is 11.6 Å². The van der Waals surface area contributed by atoms with Crippen LogP contribution in [0.15, 0.2) is 73.1 Å². The van der Waals surface area contributed by atoms with Crippen molar-refractivity contribution < 1.29 is 9.59 Å². The van der Waals surface area contributed by atoms with Gasteiger partial charge in [0.2, 0.25) is 0 Å². The van der Waals surface area contributed by atoms with Crippen molar-refractivity contribution in [2.24, 2.45) is 0 Å². The Morgan fingerprint density at radius 3 is 1.46 bits per heavy atom. The van der Waals surface area contributed by atoms with E-state index in [4.69, 9.17) is 0 Å². The van der Waals surface area contributed by atoms with Crippen LogP contribution in [-0.2, 0) is 9.59 Å². The number of allylic oxidation sites excluding steroid dienone is 4. The zero-order valence-corrected chi connectivity index (χ0v) is 13.9. The Bertz CT molecular complexity index is 942. The number of hydrazine groups is 1. The second-order valence-electron chi connectivity index (χ2n) is 5.97. The minimum atomic E-state index is -0.0623. The lowest BCUT2D eigenvalue weighted by atomic mass is 9.92. The van der Waals surface area contributed by atoms with Gasteiger partial charge in [-0.1, -0.05) is 60.7 Å². The third kappa shape index (κ3) is 2.89. The van der Waals surface area contributed by atoms with Gasteiger partial charge >= 0.3 is 0 Å². The minimum Gasteiger partial charge on any atom is -0.308 e. The Morgan fingerprint density at radius 1 is 0.577 bits per heavy atom. The van der Waals surface area contributed by atoms with Crippen LogP contribution in [0.2, 0.25) is 0 Å². The lowest BCUT2D eigenvalue weighted by molar-refractivity contribution is -0.110. The van der Waals surface area contributed by atoms with Crippen molar-refractivity contribution in [2.75, 3.05) is 0 Å². The zero-order chi connectivity index (χ0) is 17.9. The van der Waals surface area contributed by atoms with Crippen molar-refractivity contribution in [3.8, 4) is 0 Å². The van der Waals surface area contributed by atoms with Crippen molar-refractivity contribution in [1.29, 1.82) is 0 Å². The van der Waals surface area contributed by atoms with Crippen LogP contribution in [0.4, 0.5) is 0 Å². The van der Waals surface area contributed by atoms with Crippen LogP contribution < -0.4 is 10.9 Å². The minimum absolute atomic E-state index is 0.0623. The molecular formula is C22H16N2O2. The molecule has 0 fully saturated rings. The smallest absolute Gasteiger partial charge is 0.188 e. The highest BCUT2D eigenvalue weighted by Gasteiger charge is 2.17. The normalized spacial score (nSPS) is 18.0. The summed E-state index contributed by atoms with van der Waals surface area (Å²) < 4.78 is 0. The van der Waals surface area contributed by atoms with E-state index in [-0.39, 0.29) is 11.6 Å². The number of fused-ring (bicyclic) bond motifs is 2. The number of hydrogen-bond donors (Lipinski definition) is 2. The van der Waals surface area contributed by atoms with Crippen LogP contribution in [0, 0.1) is 0 Å². The molecule has 2 aromatic rings. The zero-order valence-electron chi connectivity index (χ0n) is 13.9. The molecule has 0 unspecified atom stereocenters. The Hall–Kier alpha value is -3.66. The molecule has 2 aromatic carbocycles. The van der Waals surface area contributed by atoms with E-state index in [1.807, 2.05) is 60.7 Å². The molecule has 0 saturated heterocycles. The molecule has 4 heteroatoms. The lowest BCUT2D eigenvalue weighted by Crippen LogP contribution is -2.24. The van der Waals surface area contributed by atoms with E-state index in [2.05, 4.69) is 10.9 Å². The Balaban J connectivity index is 1.55. The molecule has 0 spiro atoms. The van der Waals surface area contributed by atoms with Gasteiger partial charge in [0.25, 0.3) is 0 Å². The summed E-state index contributed by atoms with van der Waals surface area (Å²) in [4.78, 5) is 24.3. The van der Waals surface area contributed by atoms with Gasteiger partial charge in [-0.15, -0.1) is 0 Å². The number of nitrogens with one attached hydrogen (secondary N) is 2. The van der Waals surface area contributed by atoms with Gasteiger partial charge in [0.15, 0.2) is 11.6 Å². The molecule has 0 bridgehead atoms. The van der Waals surface area contributed by atoms with E-state index in [9.17, 15) is 9.59 Å². The first kappa shape index (κ1) is 15.8. The SMILES string of the molecule is O=C1C=Cc2ccccc2/C1=C/NN/C=C1\C(=O)C=Cc2ccccc21. The number of benzene rings is 2. The first-order valence-corrected chi connectivity index (χ1v) is 8.29. The number of carbonyl (C=O) groups is 2. The Kier molecular flexibility index (Phi) is 4.07. The molecular weight excluding hydrogens is 324 g/mol. The topological polar surface area (TPSA) is 58.2 Å². The van der Waals surface area contributed by atoms with Gasteiger partial charge in [0, 0.05) is 23.5 Å². The van der Waals surface area contributed by atoms with E-state index < -0.39 is 0 Å². The Labute approximate surface area is 151 Å². The van der Waals surface area contributed by atoms with Crippen molar-refractivity contribution in [3.63, 3.8) is 0 Å². The number of rotatable bonds is 3. The molecule has 4 rings (SSSR count). The number of ketones is 2. The number of hydrogen-bond acceptors (Lipinski definition) is 4. The van der Waals surface area contributed by atoms with E-state index in [1.54, 1.807) is 24.6 Å². The van der Waals surface area contributed by atoms with Gasteiger partial charge in [-0.3, -0.25) is 9.59 Å². The fraction of sp³-hybridized carbons (Fsp3) is 0. The fourth-order valence-corrected chi connectivity index (χ4v) is 3.08. The van der Waals surface area contributed by atoms with Crippen molar-refractivity contribution in [3.05, 3.63) is 95.3 Å². The third-order valence-electron chi connectivity index (χ3n) is 4.38. The van der Waals surface area contributed by atoms with Crippen LogP contribution in [0.25, 0.3) is 23.3 Å². The van der Waals surface area contributed by atoms with Crippen LogP contribution in [0.3, 0.4) is 0 Å². The largest absolute Gasteiger partial charge is 0.308 e. The summed E-state index contributed by atoms with van der Waals surface area (Å²) in [5, 5.41) is 0. The fourth-order valence-electron chi connectivity index (χ4n) is 3.08. The molecule has 0 radical (unpaired) electrons. The highest BCUT2D eigenvalue weighted by molar-refractivity contribution is 6.30. The van der Waals surface area contributed by atoms with Gasteiger partial charge in [-0.05, 0) is 34.4 Å². The first-order chi connectivity index (χ1) is 12.7. The van der Waals surface area contributed by atoms with E-state index in [0.29, 0.717) is 11.1 Å².